The van der Waals surface area contributed by atoms with Crippen LogP contribution >= 0.6 is 0 Å². The summed E-state index contributed by atoms with van der Waals surface area (Å²) >= 11 is 0. The lowest BCUT2D eigenvalue weighted by atomic mass is 10.1. The van der Waals surface area contributed by atoms with Crippen molar-refractivity contribution >= 4 is 0 Å². The Labute approximate surface area is 82.3 Å². The maximum atomic E-state index is 5.54. The van der Waals surface area contributed by atoms with Crippen molar-refractivity contribution in [1.29, 1.82) is 0 Å². The van der Waals surface area contributed by atoms with Crippen molar-refractivity contribution in [1.82, 2.24) is 4.90 Å². The molecule has 0 unspecified atom stereocenters. The summed E-state index contributed by atoms with van der Waals surface area (Å²) in [7, 11) is 0. The van der Waals surface area contributed by atoms with Gasteiger partial charge < -0.3 is 9.64 Å². The molecule has 0 aromatic rings. The van der Waals surface area contributed by atoms with Crippen molar-refractivity contribution in [3.8, 4) is 12.3 Å². The van der Waals surface area contributed by atoms with Crippen LogP contribution in [0.2, 0.25) is 0 Å². The van der Waals surface area contributed by atoms with Crippen LogP contribution in [-0.2, 0) is 4.74 Å². The third kappa shape index (κ3) is 5.68. The van der Waals surface area contributed by atoms with Crippen LogP contribution in [0.4, 0.5) is 0 Å². The molecular formula is C11H21NO. The van der Waals surface area contributed by atoms with E-state index in [1.165, 1.54) is 0 Å². The van der Waals surface area contributed by atoms with E-state index < -0.39 is 5.60 Å². The van der Waals surface area contributed by atoms with E-state index in [1.807, 2.05) is 13.8 Å². The zero-order chi connectivity index (χ0) is 10.3. The van der Waals surface area contributed by atoms with Crippen LogP contribution in [0.5, 0.6) is 0 Å². The summed E-state index contributed by atoms with van der Waals surface area (Å²) in [5.74, 6) is 2.61. The standard InChI is InChI=1S/C11H21NO/c1-6-11(4,5)13-10-9-12(7-2)8-3/h1H,7-10H2,2-5H3. The SMILES string of the molecule is C#CC(C)(C)OCCN(CC)CC. The summed E-state index contributed by atoms with van der Waals surface area (Å²) < 4.78 is 5.54. The quantitative estimate of drug-likeness (QED) is 0.582. The van der Waals surface area contributed by atoms with Gasteiger partial charge in [0.05, 0.1) is 6.61 Å². The van der Waals surface area contributed by atoms with Crippen molar-refractivity contribution in [2.75, 3.05) is 26.2 Å². The molecule has 0 aromatic carbocycles. The van der Waals surface area contributed by atoms with Gasteiger partial charge in [0, 0.05) is 6.54 Å². The Balaban J connectivity index is 3.62. The summed E-state index contributed by atoms with van der Waals surface area (Å²) in [5, 5.41) is 0. The first-order valence-electron chi connectivity index (χ1n) is 4.89. The van der Waals surface area contributed by atoms with Gasteiger partial charge in [-0.3, -0.25) is 0 Å². The monoisotopic (exact) mass is 183 g/mol. The van der Waals surface area contributed by atoms with Gasteiger partial charge in [0.2, 0.25) is 0 Å². The Kier molecular flexibility index (Phi) is 5.77. The first kappa shape index (κ1) is 12.5. The van der Waals surface area contributed by atoms with Gasteiger partial charge in [0.25, 0.3) is 0 Å². The van der Waals surface area contributed by atoms with Crippen LogP contribution in [0, 0.1) is 12.3 Å². The molecular weight excluding hydrogens is 162 g/mol. The maximum absolute atomic E-state index is 5.54. The molecule has 0 saturated carbocycles. The van der Waals surface area contributed by atoms with E-state index in [0.717, 1.165) is 19.6 Å². The number of nitrogens with zero attached hydrogens (tertiary/aromatic N) is 1. The van der Waals surface area contributed by atoms with Gasteiger partial charge in [-0.25, -0.2) is 0 Å². The van der Waals surface area contributed by atoms with Crippen LogP contribution in [0.15, 0.2) is 0 Å². The molecule has 76 valence electrons. The lowest BCUT2D eigenvalue weighted by molar-refractivity contribution is 0.0152. The predicted octanol–water partition coefficient (Wildman–Crippen LogP) is 1.76. The number of likely N-dealkylation sites (N-methyl/N-ethyl adjacent to an activating group) is 1. The minimum Gasteiger partial charge on any atom is -0.362 e. The molecule has 0 atom stereocenters. The fraction of sp³-hybridized carbons (Fsp3) is 0.818. The first-order chi connectivity index (χ1) is 6.05. The van der Waals surface area contributed by atoms with E-state index in [1.54, 1.807) is 0 Å². The minimum absolute atomic E-state index is 0.423. The molecule has 0 aliphatic rings. The fourth-order valence-electron chi connectivity index (χ4n) is 1.01. The topological polar surface area (TPSA) is 12.5 Å². The van der Waals surface area contributed by atoms with E-state index in [2.05, 4.69) is 24.7 Å². The Morgan fingerprint density at radius 3 is 2.23 bits per heavy atom. The Hall–Kier alpha value is -0.520. The van der Waals surface area contributed by atoms with Crippen molar-refractivity contribution in [2.24, 2.45) is 0 Å². The van der Waals surface area contributed by atoms with Gasteiger partial charge in [-0.2, -0.15) is 0 Å². The van der Waals surface area contributed by atoms with Crippen molar-refractivity contribution < 1.29 is 4.74 Å². The molecule has 0 aromatic heterocycles. The smallest absolute Gasteiger partial charge is 0.122 e. The molecule has 0 N–H and O–H groups in total. The Bertz CT molecular complexity index is 165. The van der Waals surface area contributed by atoms with E-state index in [9.17, 15) is 0 Å². The summed E-state index contributed by atoms with van der Waals surface area (Å²) in [6, 6.07) is 0. The molecule has 0 saturated heterocycles. The third-order valence-electron chi connectivity index (χ3n) is 2.11. The highest BCUT2D eigenvalue weighted by Gasteiger charge is 2.13. The second-order valence-corrected chi connectivity index (χ2v) is 3.53. The minimum atomic E-state index is -0.423. The fourth-order valence-corrected chi connectivity index (χ4v) is 1.01. The zero-order valence-corrected chi connectivity index (χ0v) is 9.26. The Morgan fingerprint density at radius 1 is 1.31 bits per heavy atom. The molecule has 13 heavy (non-hydrogen) atoms. The van der Waals surface area contributed by atoms with Crippen LogP contribution < -0.4 is 0 Å². The van der Waals surface area contributed by atoms with E-state index in [0.29, 0.717) is 6.61 Å². The molecule has 0 aliphatic heterocycles. The second kappa shape index (κ2) is 6.01. The van der Waals surface area contributed by atoms with Gasteiger partial charge in [-0.15, -0.1) is 6.42 Å². The number of rotatable bonds is 6. The highest BCUT2D eigenvalue weighted by Crippen LogP contribution is 2.06. The lowest BCUT2D eigenvalue weighted by Crippen LogP contribution is -2.31. The summed E-state index contributed by atoms with van der Waals surface area (Å²) in [5.41, 5.74) is -0.423. The Morgan fingerprint density at radius 2 is 1.85 bits per heavy atom. The van der Waals surface area contributed by atoms with Crippen LogP contribution in [-0.4, -0.2) is 36.7 Å². The highest BCUT2D eigenvalue weighted by atomic mass is 16.5. The van der Waals surface area contributed by atoms with Crippen molar-refractivity contribution in [3.05, 3.63) is 0 Å². The maximum Gasteiger partial charge on any atom is 0.122 e. The molecule has 0 spiro atoms. The molecule has 0 heterocycles. The number of ether oxygens (including phenoxy) is 1. The van der Waals surface area contributed by atoms with Crippen LogP contribution in [0.3, 0.4) is 0 Å². The average molecular weight is 183 g/mol. The van der Waals surface area contributed by atoms with E-state index >= 15 is 0 Å². The molecule has 0 rings (SSSR count). The highest BCUT2D eigenvalue weighted by molar-refractivity contribution is 5.02. The average Bonchev–Trinajstić information content (AvgIpc) is 2.12. The molecule has 0 fully saturated rings. The van der Waals surface area contributed by atoms with Crippen LogP contribution in [0.1, 0.15) is 27.7 Å². The van der Waals surface area contributed by atoms with E-state index in [-0.39, 0.29) is 0 Å². The van der Waals surface area contributed by atoms with Crippen LogP contribution in [0.25, 0.3) is 0 Å². The largest absolute Gasteiger partial charge is 0.362 e. The molecule has 0 amide bonds. The normalized spacial score (nSPS) is 11.7. The number of hydrogen-bond donors (Lipinski definition) is 0. The zero-order valence-electron chi connectivity index (χ0n) is 9.26. The van der Waals surface area contributed by atoms with Gasteiger partial charge in [0.15, 0.2) is 0 Å². The first-order valence-corrected chi connectivity index (χ1v) is 4.89. The summed E-state index contributed by atoms with van der Waals surface area (Å²) in [4.78, 5) is 2.31. The number of terminal acetylenes is 1. The molecule has 2 nitrogen and oxygen atoms in total. The summed E-state index contributed by atoms with van der Waals surface area (Å²) in [6.45, 7) is 11.9. The molecule has 0 aliphatic carbocycles. The predicted molar refractivity (Wildman–Crippen MR) is 56.7 cm³/mol. The third-order valence-corrected chi connectivity index (χ3v) is 2.11. The summed E-state index contributed by atoms with van der Waals surface area (Å²) in [6.07, 6.45) is 5.30. The van der Waals surface area contributed by atoms with Gasteiger partial charge >= 0.3 is 0 Å². The van der Waals surface area contributed by atoms with Gasteiger partial charge in [-0.05, 0) is 26.9 Å². The molecule has 0 bridgehead atoms. The number of hydrogen-bond acceptors (Lipinski definition) is 2. The molecule has 2 heteroatoms. The molecule has 0 radical (unpaired) electrons. The van der Waals surface area contributed by atoms with Crippen molar-refractivity contribution in [2.45, 2.75) is 33.3 Å². The van der Waals surface area contributed by atoms with Crippen molar-refractivity contribution in [3.63, 3.8) is 0 Å². The van der Waals surface area contributed by atoms with Gasteiger partial charge in [0.1, 0.15) is 5.60 Å². The van der Waals surface area contributed by atoms with E-state index in [4.69, 9.17) is 11.2 Å². The lowest BCUT2D eigenvalue weighted by Gasteiger charge is -2.22. The van der Waals surface area contributed by atoms with Gasteiger partial charge in [-0.1, -0.05) is 19.8 Å². The second-order valence-electron chi connectivity index (χ2n) is 3.53.